The van der Waals surface area contributed by atoms with Crippen LogP contribution < -0.4 is 4.90 Å². The molecule has 2 nitrogen and oxygen atoms in total. The van der Waals surface area contributed by atoms with E-state index in [0.29, 0.717) is 0 Å². The topological polar surface area (TPSA) is 8.17 Å². The van der Waals surface area contributed by atoms with Crippen molar-refractivity contribution in [2.75, 3.05) is 4.90 Å². The van der Waals surface area contributed by atoms with E-state index in [-0.39, 0.29) is 0 Å². The van der Waals surface area contributed by atoms with Crippen molar-refractivity contribution >= 4 is 70.4 Å². The molecule has 0 aliphatic heterocycles. The molecule has 3 heteroatoms. The molecular formula is C67H44N2S. The molecule has 11 aromatic carbocycles. The Morgan fingerprint density at radius 3 is 1.60 bits per heavy atom. The SMILES string of the molecule is c1ccc(C2(c3ccccc3)c3ccccc3-c3ccc(N(c4ccc(-c5cccc(-c6ccccc6-n6c7ccccc7c7ccccc76)c5)cc4)c4ccc5sc6ccccc6c5c4)cc32)cc1. The Hall–Kier alpha value is -8.76. The zero-order valence-electron chi connectivity index (χ0n) is 38.2. The van der Waals surface area contributed by atoms with Crippen LogP contribution in [0.25, 0.3) is 81.0 Å². The van der Waals surface area contributed by atoms with Gasteiger partial charge in [-0.1, -0.05) is 194 Å². The van der Waals surface area contributed by atoms with Crippen molar-refractivity contribution < 1.29 is 0 Å². The highest BCUT2D eigenvalue weighted by Crippen LogP contribution is 2.57. The number of aromatic nitrogens is 1. The normalized spacial score (nSPS) is 12.7. The van der Waals surface area contributed by atoms with Gasteiger partial charge >= 0.3 is 0 Å². The van der Waals surface area contributed by atoms with Crippen molar-refractivity contribution in [3.63, 3.8) is 0 Å². The molecule has 0 unspecified atom stereocenters. The Labute approximate surface area is 411 Å². The van der Waals surface area contributed by atoms with Gasteiger partial charge in [-0.25, -0.2) is 0 Å². The lowest BCUT2D eigenvalue weighted by Crippen LogP contribution is -2.28. The molecule has 0 fully saturated rings. The lowest BCUT2D eigenvalue weighted by molar-refractivity contribution is 0.768. The summed E-state index contributed by atoms with van der Waals surface area (Å²) in [4.78, 5) is 2.46. The summed E-state index contributed by atoms with van der Waals surface area (Å²) in [5.41, 5.74) is 18.7. The van der Waals surface area contributed by atoms with E-state index in [4.69, 9.17) is 0 Å². The molecule has 0 atom stereocenters. The van der Waals surface area contributed by atoms with E-state index in [2.05, 4.69) is 276 Å². The highest BCUT2D eigenvalue weighted by Gasteiger charge is 2.46. The van der Waals surface area contributed by atoms with Gasteiger partial charge in [0, 0.05) is 53.6 Å². The third-order valence-electron chi connectivity index (χ3n) is 14.7. The fourth-order valence-corrected chi connectivity index (χ4v) is 12.7. The molecule has 0 saturated heterocycles. The highest BCUT2D eigenvalue weighted by atomic mass is 32.1. The Morgan fingerprint density at radius 2 is 0.857 bits per heavy atom. The minimum atomic E-state index is -0.515. The van der Waals surface area contributed by atoms with Gasteiger partial charge in [-0.15, -0.1) is 11.3 Å². The van der Waals surface area contributed by atoms with E-state index < -0.39 is 5.41 Å². The first-order valence-electron chi connectivity index (χ1n) is 24.1. The predicted molar refractivity (Wildman–Crippen MR) is 297 cm³/mol. The van der Waals surface area contributed by atoms with Gasteiger partial charge in [-0.3, -0.25) is 0 Å². The standard InChI is InChI=1S/C67H44N2S/c1-3-20-48(21-4-1)67(49-22-5-2-6-23-49)60-29-12-7-25-54(60)55-40-38-52(44-61(55)67)68(51-39-41-66-59(43-51)58-28-11-16-33-65(58)70-66)50-36-34-45(35-37-50)46-18-17-19-47(42-46)53-24-8-13-30-62(53)69-63-31-14-9-26-56(63)57-27-10-15-32-64(57)69/h1-44H. The third kappa shape index (κ3) is 6.19. The predicted octanol–water partition coefficient (Wildman–Crippen LogP) is 18.3. The van der Waals surface area contributed by atoms with Gasteiger partial charge in [-0.2, -0.15) is 0 Å². The van der Waals surface area contributed by atoms with Gasteiger partial charge in [0.2, 0.25) is 0 Å². The van der Waals surface area contributed by atoms with Crippen LogP contribution in [0.15, 0.2) is 267 Å². The van der Waals surface area contributed by atoms with Crippen molar-refractivity contribution in [2.24, 2.45) is 0 Å². The molecule has 2 aromatic heterocycles. The van der Waals surface area contributed by atoms with Crippen LogP contribution in [0, 0.1) is 0 Å². The fourth-order valence-electron chi connectivity index (χ4n) is 11.6. The third-order valence-corrected chi connectivity index (χ3v) is 15.8. The van der Waals surface area contributed by atoms with E-state index in [1.165, 1.54) is 97.7 Å². The van der Waals surface area contributed by atoms with Crippen LogP contribution in [-0.4, -0.2) is 4.57 Å². The van der Waals surface area contributed by atoms with Crippen molar-refractivity contribution in [3.8, 4) is 39.1 Å². The number of fused-ring (bicyclic) bond motifs is 9. The molecular weight excluding hydrogens is 865 g/mol. The number of rotatable bonds is 8. The molecule has 328 valence electrons. The van der Waals surface area contributed by atoms with E-state index in [9.17, 15) is 0 Å². The maximum atomic E-state index is 2.47. The van der Waals surface area contributed by atoms with Crippen LogP contribution in [0.3, 0.4) is 0 Å². The quantitative estimate of drug-likeness (QED) is 0.147. The van der Waals surface area contributed by atoms with Crippen molar-refractivity contribution in [1.82, 2.24) is 4.57 Å². The number of thiophene rings is 1. The average molecular weight is 909 g/mol. The maximum absolute atomic E-state index is 2.47. The molecule has 1 aliphatic carbocycles. The molecule has 0 spiro atoms. The second kappa shape index (κ2) is 16.2. The van der Waals surface area contributed by atoms with Gasteiger partial charge in [0.25, 0.3) is 0 Å². The van der Waals surface area contributed by atoms with Gasteiger partial charge < -0.3 is 9.47 Å². The van der Waals surface area contributed by atoms with E-state index >= 15 is 0 Å². The van der Waals surface area contributed by atoms with Crippen molar-refractivity contribution in [1.29, 1.82) is 0 Å². The van der Waals surface area contributed by atoms with E-state index in [1.54, 1.807) is 0 Å². The summed E-state index contributed by atoms with van der Waals surface area (Å²) >= 11 is 1.86. The summed E-state index contributed by atoms with van der Waals surface area (Å²) in [6.45, 7) is 0. The lowest BCUT2D eigenvalue weighted by atomic mass is 9.67. The highest BCUT2D eigenvalue weighted by molar-refractivity contribution is 7.25. The molecule has 0 bridgehead atoms. The Morgan fingerprint density at radius 1 is 0.314 bits per heavy atom. The monoisotopic (exact) mass is 908 g/mol. The molecule has 1 aliphatic rings. The number of nitrogens with zero attached hydrogens (tertiary/aromatic N) is 2. The molecule has 13 aromatic rings. The Balaban J connectivity index is 0.918. The maximum Gasteiger partial charge on any atom is 0.0714 e. The largest absolute Gasteiger partial charge is 0.310 e. The fraction of sp³-hybridized carbons (Fsp3) is 0.0149. The Bertz CT molecular complexity index is 4030. The average Bonchev–Trinajstić information content (AvgIpc) is 4.08. The van der Waals surface area contributed by atoms with Crippen LogP contribution in [0.5, 0.6) is 0 Å². The number of benzene rings is 11. The zero-order valence-corrected chi connectivity index (χ0v) is 39.0. The summed E-state index contributed by atoms with van der Waals surface area (Å²) in [5, 5.41) is 5.08. The number of hydrogen-bond donors (Lipinski definition) is 0. The first-order chi connectivity index (χ1) is 34.7. The molecule has 70 heavy (non-hydrogen) atoms. The summed E-state index contributed by atoms with van der Waals surface area (Å²) in [5.74, 6) is 0. The zero-order chi connectivity index (χ0) is 46.2. The van der Waals surface area contributed by atoms with Crippen LogP contribution in [0.4, 0.5) is 17.1 Å². The molecule has 0 saturated carbocycles. The smallest absolute Gasteiger partial charge is 0.0714 e. The lowest BCUT2D eigenvalue weighted by Gasteiger charge is -2.35. The van der Waals surface area contributed by atoms with Crippen molar-refractivity contribution in [3.05, 3.63) is 289 Å². The van der Waals surface area contributed by atoms with Gasteiger partial charge in [-0.05, 0) is 123 Å². The Kier molecular flexibility index (Phi) is 9.33. The first-order valence-corrected chi connectivity index (χ1v) is 24.9. The van der Waals surface area contributed by atoms with Crippen LogP contribution in [0.1, 0.15) is 22.3 Å². The van der Waals surface area contributed by atoms with Gasteiger partial charge in [0.15, 0.2) is 0 Å². The van der Waals surface area contributed by atoms with Crippen LogP contribution in [-0.2, 0) is 5.41 Å². The van der Waals surface area contributed by atoms with E-state index in [0.717, 1.165) is 22.6 Å². The molecule has 0 amide bonds. The number of anilines is 3. The minimum absolute atomic E-state index is 0.515. The molecule has 0 radical (unpaired) electrons. The second-order valence-electron chi connectivity index (χ2n) is 18.4. The summed E-state index contributed by atoms with van der Waals surface area (Å²) < 4.78 is 5.01. The number of hydrogen-bond acceptors (Lipinski definition) is 2. The summed E-state index contributed by atoms with van der Waals surface area (Å²) in [6, 6.07) is 98.6. The first kappa shape index (κ1) is 40.3. The molecule has 14 rings (SSSR count). The second-order valence-corrected chi connectivity index (χ2v) is 19.5. The molecule has 0 N–H and O–H groups in total. The van der Waals surface area contributed by atoms with Crippen molar-refractivity contribution in [2.45, 2.75) is 5.41 Å². The van der Waals surface area contributed by atoms with E-state index in [1.807, 2.05) is 11.3 Å². The summed E-state index contributed by atoms with van der Waals surface area (Å²) in [6.07, 6.45) is 0. The summed E-state index contributed by atoms with van der Waals surface area (Å²) in [7, 11) is 0. The van der Waals surface area contributed by atoms with Gasteiger partial charge in [0.1, 0.15) is 0 Å². The van der Waals surface area contributed by atoms with Crippen LogP contribution in [0.2, 0.25) is 0 Å². The van der Waals surface area contributed by atoms with Crippen LogP contribution >= 0.6 is 11.3 Å². The minimum Gasteiger partial charge on any atom is -0.310 e. The number of para-hydroxylation sites is 3. The molecule has 2 heterocycles. The van der Waals surface area contributed by atoms with Gasteiger partial charge in [0.05, 0.1) is 22.1 Å².